The predicted molar refractivity (Wildman–Crippen MR) is 82.6 cm³/mol. The van der Waals surface area contributed by atoms with E-state index in [2.05, 4.69) is 39.6 Å². The van der Waals surface area contributed by atoms with Gasteiger partial charge in [-0.1, -0.05) is 13.3 Å². The maximum absolute atomic E-state index is 5.47. The minimum Gasteiger partial charge on any atom is -0.368 e. The highest BCUT2D eigenvalue weighted by Gasteiger charge is 2.18. The van der Waals surface area contributed by atoms with Gasteiger partial charge in [-0.25, -0.2) is 15.8 Å². The second kappa shape index (κ2) is 7.40. The van der Waals surface area contributed by atoms with Gasteiger partial charge in [0, 0.05) is 25.1 Å². The van der Waals surface area contributed by atoms with E-state index in [0.717, 1.165) is 31.0 Å². The molecule has 2 heterocycles. The largest absolute Gasteiger partial charge is 0.368 e. The number of nitrogens with one attached hydrogen (secondary N) is 2. The Morgan fingerprint density at radius 2 is 2.15 bits per heavy atom. The van der Waals surface area contributed by atoms with Gasteiger partial charge in [-0.3, -0.25) is 0 Å². The molecule has 0 saturated carbocycles. The zero-order valence-corrected chi connectivity index (χ0v) is 12.5. The van der Waals surface area contributed by atoms with Crippen LogP contribution in [0.25, 0.3) is 0 Å². The molecule has 1 aromatic rings. The van der Waals surface area contributed by atoms with Crippen LogP contribution < -0.4 is 16.6 Å². The molecule has 0 spiro atoms. The summed E-state index contributed by atoms with van der Waals surface area (Å²) < 4.78 is 0. The van der Waals surface area contributed by atoms with E-state index in [0.29, 0.717) is 11.9 Å². The van der Waals surface area contributed by atoms with Crippen LogP contribution in [0, 0.1) is 0 Å². The fourth-order valence-corrected chi connectivity index (χ4v) is 2.62. The molecule has 1 aromatic heterocycles. The van der Waals surface area contributed by atoms with Crippen molar-refractivity contribution in [2.75, 3.05) is 30.9 Å². The van der Waals surface area contributed by atoms with E-state index < -0.39 is 0 Å². The second-order valence-electron chi connectivity index (χ2n) is 5.46. The molecule has 0 aliphatic carbocycles. The van der Waals surface area contributed by atoms with Crippen molar-refractivity contribution in [3.05, 3.63) is 11.9 Å². The lowest BCUT2D eigenvalue weighted by atomic mass is 10.0. The average Bonchev–Trinajstić information content (AvgIpc) is 2.46. The molecule has 0 bridgehead atoms. The highest BCUT2D eigenvalue weighted by molar-refractivity contribution is 5.47. The van der Waals surface area contributed by atoms with E-state index in [1.54, 1.807) is 0 Å². The fourth-order valence-electron chi connectivity index (χ4n) is 2.62. The molecule has 2 rings (SSSR count). The average molecular weight is 278 g/mol. The Hall–Kier alpha value is -1.40. The van der Waals surface area contributed by atoms with Crippen molar-refractivity contribution in [3.8, 4) is 0 Å². The first-order valence-electron chi connectivity index (χ1n) is 7.51. The molecule has 1 aliphatic rings. The third-order valence-corrected chi connectivity index (χ3v) is 3.83. The highest BCUT2D eigenvalue weighted by atomic mass is 15.3. The molecule has 0 aromatic carbocycles. The van der Waals surface area contributed by atoms with Crippen LogP contribution in [0.5, 0.6) is 0 Å². The zero-order chi connectivity index (χ0) is 14.4. The molecule has 112 valence electrons. The first-order valence-corrected chi connectivity index (χ1v) is 7.51. The van der Waals surface area contributed by atoms with Gasteiger partial charge in [-0.15, -0.1) is 0 Å². The highest BCUT2D eigenvalue weighted by Crippen LogP contribution is 2.17. The van der Waals surface area contributed by atoms with Crippen molar-refractivity contribution in [2.24, 2.45) is 5.84 Å². The quantitative estimate of drug-likeness (QED) is 0.542. The van der Waals surface area contributed by atoms with E-state index in [9.17, 15) is 0 Å². The molecule has 20 heavy (non-hydrogen) atoms. The molecule has 6 nitrogen and oxygen atoms in total. The Labute approximate surface area is 121 Å². The monoisotopic (exact) mass is 278 g/mol. The lowest BCUT2D eigenvalue weighted by Crippen LogP contribution is -2.40. The molecule has 0 radical (unpaired) electrons. The third kappa shape index (κ3) is 4.05. The van der Waals surface area contributed by atoms with Gasteiger partial charge in [0.1, 0.15) is 17.5 Å². The maximum Gasteiger partial charge on any atom is 0.145 e. The van der Waals surface area contributed by atoms with Crippen molar-refractivity contribution in [1.82, 2.24) is 14.9 Å². The Bertz CT molecular complexity index is 422. The number of nitrogens with zero attached hydrogens (tertiary/aromatic N) is 3. The van der Waals surface area contributed by atoms with Crippen LogP contribution in [0.15, 0.2) is 6.07 Å². The van der Waals surface area contributed by atoms with Crippen molar-refractivity contribution in [3.63, 3.8) is 0 Å². The van der Waals surface area contributed by atoms with Gasteiger partial charge in [0.15, 0.2) is 0 Å². The smallest absolute Gasteiger partial charge is 0.145 e. The lowest BCUT2D eigenvalue weighted by Gasteiger charge is -2.32. The molecular weight excluding hydrogens is 252 g/mol. The van der Waals surface area contributed by atoms with Gasteiger partial charge in [0.05, 0.1) is 0 Å². The number of rotatable bonds is 6. The van der Waals surface area contributed by atoms with Gasteiger partial charge >= 0.3 is 0 Å². The number of hydrazine groups is 1. The summed E-state index contributed by atoms with van der Waals surface area (Å²) in [7, 11) is 2.20. The number of aromatic nitrogens is 2. The first-order chi connectivity index (χ1) is 9.72. The Kier molecular flexibility index (Phi) is 5.55. The minimum atomic E-state index is 0.586. The van der Waals surface area contributed by atoms with Crippen LogP contribution in [-0.2, 0) is 6.42 Å². The standard InChI is InChI=1S/C14H26N6/c1-3-6-12-17-13(9-14(18-12)19-15)16-10-11-7-4-5-8-20(11)2/h9,11H,3-8,10,15H2,1-2H3,(H2,16,17,18,19). The summed E-state index contributed by atoms with van der Waals surface area (Å²) in [4.78, 5) is 11.3. The maximum atomic E-state index is 5.47. The first kappa shape index (κ1) is 15.0. The lowest BCUT2D eigenvalue weighted by molar-refractivity contribution is 0.194. The van der Waals surface area contributed by atoms with E-state index >= 15 is 0 Å². The Morgan fingerprint density at radius 1 is 1.35 bits per heavy atom. The van der Waals surface area contributed by atoms with E-state index in [-0.39, 0.29) is 0 Å². The molecule has 4 N–H and O–H groups in total. The van der Waals surface area contributed by atoms with Crippen molar-refractivity contribution < 1.29 is 0 Å². The van der Waals surface area contributed by atoms with Crippen LogP contribution in [0.2, 0.25) is 0 Å². The number of anilines is 2. The number of likely N-dealkylation sites (N-methyl/N-ethyl adjacent to an activating group) is 1. The molecule has 1 unspecified atom stereocenters. The molecular formula is C14H26N6. The Balaban J connectivity index is 1.98. The van der Waals surface area contributed by atoms with Crippen LogP contribution in [-0.4, -0.2) is 41.0 Å². The summed E-state index contributed by atoms with van der Waals surface area (Å²) in [6, 6.07) is 2.45. The fraction of sp³-hybridized carbons (Fsp3) is 0.714. The molecule has 1 aliphatic heterocycles. The summed E-state index contributed by atoms with van der Waals surface area (Å²) in [5.74, 6) is 7.83. The number of hydrogen-bond donors (Lipinski definition) is 3. The van der Waals surface area contributed by atoms with Gasteiger partial charge in [-0.05, 0) is 32.9 Å². The summed E-state index contributed by atoms with van der Waals surface area (Å²) in [5, 5.41) is 3.43. The number of nitrogens with two attached hydrogens (primary N) is 1. The van der Waals surface area contributed by atoms with Crippen LogP contribution in [0.3, 0.4) is 0 Å². The summed E-state index contributed by atoms with van der Waals surface area (Å²) in [5.41, 5.74) is 2.61. The van der Waals surface area contributed by atoms with Crippen LogP contribution in [0.1, 0.15) is 38.4 Å². The van der Waals surface area contributed by atoms with Crippen molar-refractivity contribution in [2.45, 2.75) is 45.1 Å². The van der Waals surface area contributed by atoms with Crippen molar-refractivity contribution in [1.29, 1.82) is 0 Å². The number of aryl methyl sites for hydroxylation is 1. The van der Waals surface area contributed by atoms with Crippen LogP contribution in [0.4, 0.5) is 11.6 Å². The van der Waals surface area contributed by atoms with E-state index in [1.807, 2.05) is 6.07 Å². The van der Waals surface area contributed by atoms with Gasteiger partial charge < -0.3 is 15.6 Å². The molecule has 0 amide bonds. The SMILES string of the molecule is CCCc1nc(NN)cc(NCC2CCCCN2C)n1. The van der Waals surface area contributed by atoms with Gasteiger partial charge in [-0.2, -0.15) is 0 Å². The van der Waals surface area contributed by atoms with Gasteiger partial charge in [0.2, 0.25) is 0 Å². The van der Waals surface area contributed by atoms with Gasteiger partial charge in [0.25, 0.3) is 0 Å². The normalized spacial score (nSPS) is 19.9. The summed E-state index contributed by atoms with van der Waals surface area (Å²) in [6.07, 6.45) is 5.77. The number of hydrogen-bond acceptors (Lipinski definition) is 6. The number of piperidine rings is 1. The van der Waals surface area contributed by atoms with Crippen LogP contribution >= 0.6 is 0 Å². The third-order valence-electron chi connectivity index (χ3n) is 3.83. The molecule has 6 heteroatoms. The molecule has 1 fully saturated rings. The Morgan fingerprint density at radius 3 is 2.85 bits per heavy atom. The van der Waals surface area contributed by atoms with E-state index in [4.69, 9.17) is 5.84 Å². The minimum absolute atomic E-state index is 0.586. The number of likely N-dealkylation sites (tertiary alicyclic amines) is 1. The molecule has 1 atom stereocenters. The topological polar surface area (TPSA) is 79.1 Å². The second-order valence-corrected chi connectivity index (χ2v) is 5.46. The van der Waals surface area contributed by atoms with E-state index in [1.165, 1.54) is 25.8 Å². The predicted octanol–water partition coefficient (Wildman–Crippen LogP) is 1.61. The summed E-state index contributed by atoms with van der Waals surface area (Å²) >= 11 is 0. The zero-order valence-electron chi connectivity index (χ0n) is 12.5. The summed E-state index contributed by atoms with van der Waals surface area (Å²) in [6.45, 7) is 4.23. The number of nitrogen functional groups attached to an aromatic ring is 1. The van der Waals surface area contributed by atoms with Crippen molar-refractivity contribution >= 4 is 11.6 Å². The molecule has 1 saturated heterocycles.